The van der Waals surface area contributed by atoms with Gasteiger partial charge in [-0.3, -0.25) is 0 Å². The van der Waals surface area contributed by atoms with Gasteiger partial charge in [0.2, 0.25) is 0 Å². The maximum atomic E-state index is 13.1. The lowest BCUT2D eigenvalue weighted by Gasteiger charge is -2.31. The number of carbonyl (C=O) groups excluding carboxylic acids is 2. The van der Waals surface area contributed by atoms with Crippen molar-refractivity contribution >= 4 is 12.2 Å². The van der Waals surface area contributed by atoms with E-state index in [-0.39, 0.29) is 18.6 Å². The molecule has 0 aliphatic heterocycles. The van der Waals surface area contributed by atoms with Gasteiger partial charge in [0.05, 0.1) is 0 Å². The standard InChI is InChI=1S/C30H44N2O4/c1-29(2,3)35-27(33)31-21-22-32(28(34)36-30(4,5)6)23-26(19-17-24-13-9-7-10-14-24)20-18-25-15-11-8-12-16-25/h7-16,26H,17-23H2,1-6H3,(H,31,33). The molecular formula is C30H44N2O4. The van der Waals surface area contributed by atoms with Crippen LogP contribution in [0.1, 0.15) is 65.5 Å². The summed E-state index contributed by atoms with van der Waals surface area (Å²) in [7, 11) is 0. The minimum absolute atomic E-state index is 0.277. The van der Waals surface area contributed by atoms with Crippen molar-refractivity contribution in [2.45, 2.75) is 78.4 Å². The number of rotatable bonds is 11. The van der Waals surface area contributed by atoms with Crippen molar-refractivity contribution in [1.82, 2.24) is 10.2 Å². The Morgan fingerprint density at radius 2 is 1.25 bits per heavy atom. The summed E-state index contributed by atoms with van der Waals surface area (Å²) in [5.41, 5.74) is 1.40. The van der Waals surface area contributed by atoms with Gasteiger partial charge < -0.3 is 19.7 Å². The van der Waals surface area contributed by atoms with Gasteiger partial charge in [0.25, 0.3) is 0 Å². The fourth-order valence-corrected chi connectivity index (χ4v) is 3.86. The van der Waals surface area contributed by atoms with E-state index in [4.69, 9.17) is 9.47 Å². The van der Waals surface area contributed by atoms with Crippen LogP contribution in [0.25, 0.3) is 0 Å². The van der Waals surface area contributed by atoms with Crippen LogP contribution in [0, 0.1) is 5.92 Å². The van der Waals surface area contributed by atoms with Crippen molar-refractivity contribution in [1.29, 1.82) is 0 Å². The average Bonchev–Trinajstić information content (AvgIpc) is 2.79. The van der Waals surface area contributed by atoms with Gasteiger partial charge in [-0.1, -0.05) is 60.7 Å². The number of hydrogen-bond acceptors (Lipinski definition) is 4. The first-order valence-corrected chi connectivity index (χ1v) is 12.9. The quantitative estimate of drug-likeness (QED) is 0.379. The number of aryl methyl sites for hydroxylation is 2. The molecule has 198 valence electrons. The highest BCUT2D eigenvalue weighted by atomic mass is 16.6. The second kappa shape index (κ2) is 13.9. The van der Waals surface area contributed by atoms with Gasteiger partial charge in [-0.25, -0.2) is 9.59 Å². The molecule has 2 amide bonds. The predicted octanol–water partition coefficient (Wildman–Crippen LogP) is 6.63. The van der Waals surface area contributed by atoms with E-state index in [0.29, 0.717) is 13.1 Å². The van der Waals surface area contributed by atoms with E-state index in [2.05, 4.69) is 53.8 Å². The number of amides is 2. The Morgan fingerprint density at radius 1 is 0.778 bits per heavy atom. The molecule has 0 heterocycles. The summed E-state index contributed by atoms with van der Waals surface area (Å²) in [5, 5.41) is 2.77. The molecule has 0 aliphatic rings. The smallest absolute Gasteiger partial charge is 0.410 e. The molecule has 6 heteroatoms. The zero-order valence-corrected chi connectivity index (χ0v) is 22.9. The summed E-state index contributed by atoms with van der Waals surface area (Å²) in [5.74, 6) is 0.277. The monoisotopic (exact) mass is 496 g/mol. The lowest BCUT2D eigenvalue weighted by atomic mass is 9.92. The molecule has 6 nitrogen and oxygen atoms in total. The summed E-state index contributed by atoms with van der Waals surface area (Å²) in [6.07, 6.45) is 2.94. The molecule has 0 atom stereocenters. The lowest BCUT2D eigenvalue weighted by Crippen LogP contribution is -2.44. The Labute approximate surface area is 217 Å². The largest absolute Gasteiger partial charge is 0.444 e. The number of nitrogens with one attached hydrogen (secondary N) is 1. The normalized spacial score (nSPS) is 11.8. The first-order valence-electron chi connectivity index (χ1n) is 12.9. The van der Waals surface area contributed by atoms with Gasteiger partial charge in [-0.15, -0.1) is 0 Å². The Morgan fingerprint density at radius 3 is 1.69 bits per heavy atom. The van der Waals surface area contributed by atoms with Crippen LogP contribution in [0.4, 0.5) is 9.59 Å². The fourth-order valence-electron chi connectivity index (χ4n) is 3.86. The highest BCUT2D eigenvalue weighted by molar-refractivity contribution is 5.69. The Balaban J connectivity index is 2.09. The van der Waals surface area contributed by atoms with Crippen LogP contribution in [0.2, 0.25) is 0 Å². The van der Waals surface area contributed by atoms with E-state index in [1.165, 1.54) is 11.1 Å². The fraction of sp³-hybridized carbons (Fsp3) is 0.533. The summed E-state index contributed by atoms with van der Waals surface area (Å²) in [6, 6.07) is 20.9. The van der Waals surface area contributed by atoms with E-state index in [1.54, 1.807) is 4.90 Å². The van der Waals surface area contributed by atoms with E-state index < -0.39 is 17.3 Å². The Bertz CT molecular complexity index is 874. The van der Waals surface area contributed by atoms with E-state index >= 15 is 0 Å². The molecule has 0 radical (unpaired) electrons. The topological polar surface area (TPSA) is 67.9 Å². The van der Waals surface area contributed by atoms with E-state index in [1.807, 2.05) is 53.7 Å². The molecule has 0 aromatic heterocycles. The third-order valence-electron chi connectivity index (χ3n) is 5.55. The first kappa shape index (κ1) is 29.2. The predicted molar refractivity (Wildman–Crippen MR) is 145 cm³/mol. The van der Waals surface area contributed by atoms with Crippen LogP contribution in [-0.2, 0) is 22.3 Å². The molecule has 2 rings (SSSR count). The second-order valence-electron chi connectivity index (χ2n) is 11.3. The van der Waals surface area contributed by atoms with Crippen molar-refractivity contribution in [3.63, 3.8) is 0 Å². The number of carbonyl (C=O) groups is 2. The molecule has 0 fully saturated rings. The lowest BCUT2D eigenvalue weighted by molar-refractivity contribution is 0.0206. The second-order valence-corrected chi connectivity index (χ2v) is 11.3. The Hall–Kier alpha value is -3.02. The summed E-state index contributed by atoms with van der Waals surface area (Å²) in [4.78, 5) is 26.9. The van der Waals surface area contributed by atoms with Crippen molar-refractivity contribution in [2.24, 2.45) is 5.92 Å². The summed E-state index contributed by atoms with van der Waals surface area (Å²) in [6.45, 7) is 12.3. The SMILES string of the molecule is CC(C)(C)OC(=O)NCCN(CC(CCc1ccccc1)CCc1ccccc1)C(=O)OC(C)(C)C. The van der Waals surface area contributed by atoms with Gasteiger partial charge >= 0.3 is 12.2 Å². The average molecular weight is 497 g/mol. The van der Waals surface area contributed by atoms with Gasteiger partial charge in [-0.05, 0) is 84.3 Å². The molecule has 0 unspecified atom stereocenters. The third kappa shape index (κ3) is 12.6. The summed E-state index contributed by atoms with van der Waals surface area (Å²) < 4.78 is 11.0. The number of hydrogen-bond donors (Lipinski definition) is 1. The Kier molecular flexibility index (Phi) is 11.3. The minimum Gasteiger partial charge on any atom is -0.444 e. The third-order valence-corrected chi connectivity index (χ3v) is 5.55. The number of nitrogens with zero attached hydrogens (tertiary/aromatic N) is 1. The van der Waals surface area contributed by atoms with Crippen LogP contribution < -0.4 is 5.32 Å². The van der Waals surface area contributed by atoms with Gasteiger partial charge in [0.1, 0.15) is 11.2 Å². The highest BCUT2D eigenvalue weighted by Gasteiger charge is 2.25. The minimum atomic E-state index is -0.600. The molecular weight excluding hydrogens is 452 g/mol. The van der Waals surface area contributed by atoms with E-state index in [0.717, 1.165) is 25.7 Å². The van der Waals surface area contributed by atoms with Gasteiger partial charge in [-0.2, -0.15) is 0 Å². The zero-order valence-electron chi connectivity index (χ0n) is 22.9. The maximum Gasteiger partial charge on any atom is 0.410 e. The molecule has 1 N–H and O–H groups in total. The van der Waals surface area contributed by atoms with Crippen LogP contribution >= 0.6 is 0 Å². The zero-order chi connectivity index (χ0) is 26.6. The molecule has 0 saturated heterocycles. The first-order chi connectivity index (χ1) is 16.9. The maximum absolute atomic E-state index is 13.1. The van der Waals surface area contributed by atoms with Crippen molar-refractivity contribution in [2.75, 3.05) is 19.6 Å². The molecule has 0 bridgehead atoms. The highest BCUT2D eigenvalue weighted by Crippen LogP contribution is 2.20. The molecule has 2 aromatic rings. The molecule has 36 heavy (non-hydrogen) atoms. The number of alkyl carbamates (subject to hydrolysis) is 1. The molecule has 0 saturated carbocycles. The van der Waals surface area contributed by atoms with Crippen molar-refractivity contribution in [3.05, 3.63) is 71.8 Å². The molecule has 2 aromatic carbocycles. The van der Waals surface area contributed by atoms with Crippen molar-refractivity contribution in [3.8, 4) is 0 Å². The van der Waals surface area contributed by atoms with Crippen molar-refractivity contribution < 1.29 is 19.1 Å². The molecule has 0 aliphatic carbocycles. The van der Waals surface area contributed by atoms with Crippen LogP contribution in [0.5, 0.6) is 0 Å². The van der Waals surface area contributed by atoms with Gasteiger partial charge in [0, 0.05) is 19.6 Å². The number of ether oxygens (including phenoxy) is 2. The summed E-state index contributed by atoms with van der Waals surface area (Å²) >= 11 is 0. The van der Waals surface area contributed by atoms with Crippen LogP contribution in [0.15, 0.2) is 60.7 Å². The number of benzene rings is 2. The van der Waals surface area contributed by atoms with Crippen LogP contribution in [0.3, 0.4) is 0 Å². The van der Waals surface area contributed by atoms with Crippen LogP contribution in [-0.4, -0.2) is 47.9 Å². The van der Waals surface area contributed by atoms with E-state index in [9.17, 15) is 9.59 Å². The molecule has 0 spiro atoms. The van der Waals surface area contributed by atoms with Gasteiger partial charge in [0.15, 0.2) is 0 Å².